The third kappa shape index (κ3) is 1.02. The first-order valence-electron chi connectivity index (χ1n) is 4.11. The molecule has 2 atom stereocenters. The van der Waals surface area contributed by atoms with Crippen LogP contribution in [-0.4, -0.2) is 12.5 Å². The number of hydrogen-bond acceptors (Lipinski definition) is 1. The maximum atomic E-state index is 11.0. The molecule has 2 rings (SSSR count). The maximum Gasteiger partial charge on any atom is 0.220 e. The fourth-order valence-electron chi connectivity index (χ4n) is 2.14. The van der Waals surface area contributed by atoms with Crippen molar-refractivity contribution in [1.29, 1.82) is 0 Å². The molecule has 2 nitrogen and oxygen atoms in total. The quantitative estimate of drug-likeness (QED) is 0.531. The molecule has 0 spiro atoms. The molecule has 2 unspecified atom stereocenters. The van der Waals surface area contributed by atoms with Gasteiger partial charge in [0.1, 0.15) is 0 Å². The molecule has 1 heterocycles. The summed E-state index contributed by atoms with van der Waals surface area (Å²) in [6.07, 6.45) is 4.71. The molecule has 1 aliphatic carbocycles. The van der Waals surface area contributed by atoms with E-state index in [1.807, 2.05) is 0 Å². The summed E-state index contributed by atoms with van der Waals surface area (Å²) >= 11 is 0. The molecule has 2 aliphatic rings. The molecule has 1 amide bonds. The average Bonchev–Trinajstić information content (AvgIpc) is 2.22. The third-order valence-electron chi connectivity index (χ3n) is 2.71. The van der Waals surface area contributed by atoms with Gasteiger partial charge in [-0.05, 0) is 31.1 Å². The predicted molar refractivity (Wildman–Crippen MR) is 38.5 cm³/mol. The summed E-state index contributed by atoms with van der Waals surface area (Å²) in [7, 11) is 0. The Hall–Kier alpha value is -0.530. The van der Waals surface area contributed by atoms with Crippen molar-refractivity contribution in [3.8, 4) is 0 Å². The predicted octanol–water partition coefficient (Wildman–Crippen LogP) is 0.923. The minimum Gasteiger partial charge on any atom is -0.356 e. The van der Waals surface area contributed by atoms with E-state index in [0.29, 0.717) is 5.92 Å². The van der Waals surface area contributed by atoms with E-state index in [1.54, 1.807) is 0 Å². The minimum absolute atomic E-state index is 0.271. The minimum atomic E-state index is 0.271. The molecule has 1 saturated heterocycles. The van der Waals surface area contributed by atoms with Crippen molar-refractivity contribution in [2.75, 3.05) is 6.54 Å². The van der Waals surface area contributed by atoms with Crippen molar-refractivity contribution < 1.29 is 4.79 Å². The van der Waals surface area contributed by atoms with Gasteiger partial charge in [0.25, 0.3) is 0 Å². The zero-order chi connectivity index (χ0) is 6.97. The summed E-state index contributed by atoms with van der Waals surface area (Å²) in [5.74, 6) is 1.79. The molecule has 2 bridgehead atoms. The Bertz CT molecular complexity index is 155. The number of nitrogens with one attached hydrogen (secondary N) is 1. The van der Waals surface area contributed by atoms with Gasteiger partial charge in [-0.25, -0.2) is 0 Å². The highest BCUT2D eigenvalue weighted by Crippen LogP contribution is 2.34. The molecule has 0 aromatic rings. The Labute approximate surface area is 61.0 Å². The summed E-state index contributed by atoms with van der Waals surface area (Å²) in [6, 6.07) is 0. The Morgan fingerprint density at radius 1 is 1.30 bits per heavy atom. The molecule has 0 radical (unpaired) electrons. The van der Waals surface area contributed by atoms with Crippen LogP contribution in [0.1, 0.15) is 25.7 Å². The highest BCUT2D eigenvalue weighted by molar-refractivity contribution is 5.76. The Morgan fingerprint density at radius 3 is 3.00 bits per heavy atom. The van der Waals surface area contributed by atoms with E-state index >= 15 is 0 Å². The Balaban J connectivity index is 2.05. The second-order valence-corrected chi connectivity index (χ2v) is 3.55. The van der Waals surface area contributed by atoms with E-state index < -0.39 is 0 Å². The summed E-state index contributed by atoms with van der Waals surface area (Å²) in [6.45, 7) is 0.940. The standard InChI is InChI=1S/C8H13NO/c10-8-4-6-1-2-7(3-6)5-9-8/h6-7H,1-5H2,(H,9,10). The van der Waals surface area contributed by atoms with Crippen LogP contribution in [0.4, 0.5) is 0 Å². The van der Waals surface area contributed by atoms with Crippen molar-refractivity contribution in [3.63, 3.8) is 0 Å². The van der Waals surface area contributed by atoms with Crippen molar-refractivity contribution in [2.24, 2.45) is 11.8 Å². The zero-order valence-corrected chi connectivity index (χ0v) is 6.10. The monoisotopic (exact) mass is 139 g/mol. The van der Waals surface area contributed by atoms with Crippen LogP contribution in [0.15, 0.2) is 0 Å². The second-order valence-electron chi connectivity index (χ2n) is 3.55. The zero-order valence-electron chi connectivity index (χ0n) is 6.10. The van der Waals surface area contributed by atoms with Crippen molar-refractivity contribution in [1.82, 2.24) is 5.32 Å². The van der Waals surface area contributed by atoms with Crippen LogP contribution in [0.5, 0.6) is 0 Å². The van der Waals surface area contributed by atoms with Crippen LogP contribution < -0.4 is 5.32 Å². The molecule has 2 fully saturated rings. The number of hydrogen-bond donors (Lipinski definition) is 1. The van der Waals surface area contributed by atoms with Gasteiger partial charge in [-0.1, -0.05) is 0 Å². The van der Waals surface area contributed by atoms with E-state index in [1.165, 1.54) is 19.3 Å². The molecule has 0 aromatic carbocycles. The molecule has 1 aliphatic heterocycles. The maximum absolute atomic E-state index is 11.0. The van der Waals surface area contributed by atoms with Gasteiger partial charge in [0.15, 0.2) is 0 Å². The van der Waals surface area contributed by atoms with Crippen LogP contribution >= 0.6 is 0 Å². The normalized spacial score (nSPS) is 39.0. The Morgan fingerprint density at radius 2 is 2.10 bits per heavy atom. The van der Waals surface area contributed by atoms with Crippen LogP contribution in [0, 0.1) is 11.8 Å². The lowest BCUT2D eigenvalue weighted by molar-refractivity contribution is -0.121. The molecule has 10 heavy (non-hydrogen) atoms. The largest absolute Gasteiger partial charge is 0.356 e. The van der Waals surface area contributed by atoms with Gasteiger partial charge in [-0.2, -0.15) is 0 Å². The van der Waals surface area contributed by atoms with Gasteiger partial charge < -0.3 is 5.32 Å². The first-order valence-corrected chi connectivity index (χ1v) is 4.11. The number of rotatable bonds is 0. The average molecular weight is 139 g/mol. The molecule has 2 heteroatoms. The van der Waals surface area contributed by atoms with Gasteiger partial charge >= 0.3 is 0 Å². The number of fused-ring (bicyclic) bond motifs is 2. The van der Waals surface area contributed by atoms with E-state index in [9.17, 15) is 4.79 Å². The summed E-state index contributed by atoms with van der Waals surface area (Å²) in [5.41, 5.74) is 0. The third-order valence-corrected chi connectivity index (χ3v) is 2.71. The van der Waals surface area contributed by atoms with E-state index in [2.05, 4.69) is 5.32 Å². The fraction of sp³-hybridized carbons (Fsp3) is 0.875. The molecule has 1 N–H and O–H groups in total. The number of carbonyl (C=O) groups excluding carboxylic acids is 1. The van der Waals surface area contributed by atoms with Gasteiger partial charge in [-0.15, -0.1) is 0 Å². The van der Waals surface area contributed by atoms with Crippen LogP contribution in [0.3, 0.4) is 0 Å². The Kier molecular flexibility index (Phi) is 1.40. The highest BCUT2D eigenvalue weighted by Gasteiger charge is 2.29. The van der Waals surface area contributed by atoms with Crippen LogP contribution in [-0.2, 0) is 4.79 Å². The second kappa shape index (κ2) is 2.26. The van der Waals surface area contributed by atoms with Crippen molar-refractivity contribution in [3.05, 3.63) is 0 Å². The lowest BCUT2D eigenvalue weighted by Gasteiger charge is -2.07. The van der Waals surface area contributed by atoms with Crippen LogP contribution in [0.2, 0.25) is 0 Å². The van der Waals surface area contributed by atoms with E-state index in [4.69, 9.17) is 0 Å². The van der Waals surface area contributed by atoms with Crippen LogP contribution in [0.25, 0.3) is 0 Å². The highest BCUT2D eigenvalue weighted by atomic mass is 16.1. The first-order chi connectivity index (χ1) is 4.84. The number of carbonyl (C=O) groups is 1. The summed E-state index contributed by atoms with van der Waals surface area (Å²) < 4.78 is 0. The van der Waals surface area contributed by atoms with Gasteiger partial charge in [-0.3, -0.25) is 4.79 Å². The molecule has 56 valence electrons. The molecular formula is C8H13NO. The van der Waals surface area contributed by atoms with E-state index in [0.717, 1.165) is 18.9 Å². The van der Waals surface area contributed by atoms with Crippen molar-refractivity contribution in [2.45, 2.75) is 25.7 Å². The number of amides is 1. The molecular weight excluding hydrogens is 126 g/mol. The first kappa shape index (κ1) is 6.20. The summed E-state index contributed by atoms with van der Waals surface area (Å²) in [5, 5.41) is 2.94. The van der Waals surface area contributed by atoms with Gasteiger partial charge in [0, 0.05) is 13.0 Å². The van der Waals surface area contributed by atoms with E-state index in [-0.39, 0.29) is 5.91 Å². The lowest BCUT2D eigenvalue weighted by atomic mass is 10.0. The summed E-state index contributed by atoms with van der Waals surface area (Å²) in [4.78, 5) is 11.0. The van der Waals surface area contributed by atoms with Crippen molar-refractivity contribution >= 4 is 5.91 Å². The molecule has 1 saturated carbocycles. The lowest BCUT2D eigenvalue weighted by Crippen LogP contribution is -2.26. The van der Waals surface area contributed by atoms with Gasteiger partial charge in [0.05, 0.1) is 0 Å². The smallest absolute Gasteiger partial charge is 0.220 e. The SMILES string of the molecule is O=C1CC2CCC(CN1)C2. The molecule has 0 aromatic heterocycles. The van der Waals surface area contributed by atoms with Gasteiger partial charge in [0.2, 0.25) is 5.91 Å². The fourth-order valence-corrected chi connectivity index (χ4v) is 2.14. The topological polar surface area (TPSA) is 29.1 Å².